The molecule has 6 heteroatoms. The number of hydrogen-bond acceptors (Lipinski definition) is 4. The molecule has 0 amide bonds. The largest absolute Gasteiger partial charge is 0.481 e. The van der Waals surface area contributed by atoms with E-state index >= 15 is 0 Å². The summed E-state index contributed by atoms with van der Waals surface area (Å²) in [5, 5.41) is 17.8. The molecule has 0 fully saturated rings. The van der Waals surface area contributed by atoms with Gasteiger partial charge in [-0.2, -0.15) is 0 Å². The van der Waals surface area contributed by atoms with E-state index in [1.54, 1.807) is 0 Å². The Labute approximate surface area is 206 Å². The number of rotatable bonds is 20. The highest BCUT2D eigenvalue weighted by Gasteiger charge is 2.18. The summed E-state index contributed by atoms with van der Waals surface area (Å²) in [7, 11) is 0. The van der Waals surface area contributed by atoms with Gasteiger partial charge in [0, 0.05) is 12.8 Å². The Hall–Kier alpha value is -2.24. The van der Waals surface area contributed by atoms with E-state index in [4.69, 9.17) is 10.2 Å². The lowest BCUT2D eigenvalue weighted by Crippen LogP contribution is -2.15. The van der Waals surface area contributed by atoms with Crippen molar-refractivity contribution in [3.8, 4) is 0 Å². The molecule has 0 aliphatic rings. The van der Waals surface area contributed by atoms with E-state index in [2.05, 4.69) is 13.8 Å². The number of hydrogen-bond donors (Lipinski definition) is 2. The molecule has 196 valence electrons. The summed E-state index contributed by atoms with van der Waals surface area (Å²) in [6, 6.07) is 0. The summed E-state index contributed by atoms with van der Waals surface area (Å²) in [6.07, 6.45) is 20.8. The number of ketones is 2. The van der Waals surface area contributed by atoms with Crippen molar-refractivity contribution in [3.63, 3.8) is 0 Å². The maximum Gasteiger partial charge on any atom is 0.307 e. The lowest BCUT2D eigenvalue weighted by atomic mass is 9.99. The number of carbonyl (C=O) groups is 4. The first kappa shape index (κ1) is 33.9. The number of allylic oxidation sites excluding steroid dienone is 4. The molecule has 0 radical (unpaired) electrons. The van der Waals surface area contributed by atoms with Crippen molar-refractivity contribution in [1.82, 2.24) is 0 Å². The van der Waals surface area contributed by atoms with E-state index in [0.717, 1.165) is 25.7 Å². The number of aliphatic carboxylic acids is 2. The number of unbranched alkanes of at least 4 members (excludes halogenated alkanes) is 8. The summed E-state index contributed by atoms with van der Waals surface area (Å²) in [5.41, 5.74) is 0. The summed E-state index contributed by atoms with van der Waals surface area (Å²) in [5.74, 6) is -2.99. The van der Waals surface area contributed by atoms with E-state index < -0.39 is 23.8 Å². The molecule has 0 saturated heterocycles. The standard InChI is InChI=1S/2C14H24O3/c2*1-3-4-5-6-7-8-9-10-13(14(16)17)11-12(2)15/h2*8-9,13H,3-7,10-11H2,1-2H3,(H,16,17). The summed E-state index contributed by atoms with van der Waals surface area (Å²) in [6.45, 7) is 7.22. The van der Waals surface area contributed by atoms with Crippen LogP contribution in [0.1, 0.15) is 118 Å². The highest BCUT2D eigenvalue weighted by atomic mass is 16.4. The number of carboxylic acids is 2. The van der Waals surface area contributed by atoms with E-state index in [0.29, 0.717) is 12.8 Å². The van der Waals surface area contributed by atoms with Crippen molar-refractivity contribution in [1.29, 1.82) is 0 Å². The highest BCUT2D eigenvalue weighted by Crippen LogP contribution is 2.12. The first-order valence-corrected chi connectivity index (χ1v) is 12.9. The Balaban J connectivity index is 0. The van der Waals surface area contributed by atoms with Gasteiger partial charge in [0.2, 0.25) is 0 Å². The summed E-state index contributed by atoms with van der Waals surface area (Å²) >= 11 is 0. The van der Waals surface area contributed by atoms with Crippen molar-refractivity contribution in [2.75, 3.05) is 0 Å². The molecule has 2 unspecified atom stereocenters. The molecule has 0 aromatic rings. The molecule has 2 N–H and O–H groups in total. The SMILES string of the molecule is CCCCCCC=CCC(CC(C)=O)C(=O)O.CCCCCCC=CCC(CC(C)=O)C(=O)O. The van der Waals surface area contributed by atoms with Gasteiger partial charge in [0.1, 0.15) is 11.6 Å². The van der Waals surface area contributed by atoms with Crippen molar-refractivity contribution < 1.29 is 29.4 Å². The fourth-order valence-electron chi connectivity index (χ4n) is 3.37. The van der Waals surface area contributed by atoms with Crippen LogP contribution in [-0.4, -0.2) is 33.7 Å². The Morgan fingerprint density at radius 1 is 0.588 bits per heavy atom. The van der Waals surface area contributed by atoms with Gasteiger partial charge in [-0.15, -0.1) is 0 Å². The summed E-state index contributed by atoms with van der Waals surface area (Å²) < 4.78 is 0. The number of carboxylic acid groups (broad SMARTS) is 2. The molecule has 6 nitrogen and oxygen atoms in total. The zero-order valence-electron chi connectivity index (χ0n) is 21.9. The Bertz CT molecular complexity index is 566. The van der Waals surface area contributed by atoms with Gasteiger partial charge in [-0.3, -0.25) is 9.59 Å². The topological polar surface area (TPSA) is 109 Å². The normalized spacial score (nSPS) is 12.8. The van der Waals surface area contributed by atoms with Gasteiger partial charge in [-0.1, -0.05) is 76.7 Å². The molecule has 2 atom stereocenters. The van der Waals surface area contributed by atoms with Gasteiger partial charge < -0.3 is 19.8 Å². The number of Topliss-reactive ketones (excluding diaryl/α,β-unsaturated/α-hetero) is 2. The Morgan fingerprint density at radius 2 is 0.941 bits per heavy atom. The van der Waals surface area contributed by atoms with Crippen LogP contribution >= 0.6 is 0 Å². The van der Waals surface area contributed by atoms with Crippen molar-refractivity contribution >= 4 is 23.5 Å². The van der Waals surface area contributed by atoms with E-state index in [1.165, 1.54) is 52.4 Å². The van der Waals surface area contributed by atoms with Gasteiger partial charge in [-0.25, -0.2) is 0 Å². The predicted molar refractivity (Wildman–Crippen MR) is 138 cm³/mol. The molecule has 0 aliphatic carbocycles. The van der Waals surface area contributed by atoms with Gasteiger partial charge >= 0.3 is 11.9 Å². The number of carbonyl (C=O) groups excluding carboxylic acids is 2. The molecular formula is C28H48O6. The quantitative estimate of drug-likeness (QED) is 0.141. The minimum Gasteiger partial charge on any atom is -0.481 e. The summed E-state index contributed by atoms with van der Waals surface area (Å²) in [4.78, 5) is 43.5. The molecule has 34 heavy (non-hydrogen) atoms. The molecule has 0 heterocycles. The van der Waals surface area contributed by atoms with E-state index in [1.807, 2.05) is 24.3 Å². The van der Waals surface area contributed by atoms with Crippen LogP contribution in [0.4, 0.5) is 0 Å². The van der Waals surface area contributed by atoms with Crippen LogP contribution in [0.2, 0.25) is 0 Å². The predicted octanol–water partition coefficient (Wildman–Crippen LogP) is 7.17. The average molecular weight is 481 g/mol. The van der Waals surface area contributed by atoms with Crippen LogP contribution < -0.4 is 0 Å². The maximum atomic E-state index is 10.9. The second-order valence-electron chi connectivity index (χ2n) is 9.00. The molecule has 0 saturated carbocycles. The molecule has 0 aromatic heterocycles. The maximum absolute atomic E-state index is 10.9. The third kappa shape index (κ3) is 24.4. The van der Waals surface area contributed by atoms with Crippen LogP contribution in [0.15, 0.2) is 24.3 Å². The second kappa shape index (κ2) is 23.9. The Kier molecular flexibility index (Phi) is 23.9. The van der Waals surface area contributed by atoms with Crippen molar-refractivity contribution in [2.24, 2.45) is 11.8 Å². The molecule has 0 rings (SSSR count). The third-order valence-corrected chi connectivity index (χ3v) is 5.39. The first-order chi connectivity index (χ1) is 16.1. The van der Waals surface area contributed by atoms with Gasteiger partial charge in [0.25, 0.3) is 0 Å². The molecule has 0 aromatic carbocycles. The van der Waals surface area contributed by atoms with Crippen LogP contribution in [-0.2, 0) is 19.2 Å². The second-order valence-corrected chi connectivity index (χ2v) is 9.00. The first-order valence-electron chi connectivity index (χ1n) is 12.9. The zero-order chi connectivity index (χ0) is 26.2. The molecule has 0 spiro atoms. The fourth-order valence-corrected chi connectivity index (χ4v) is 3.37. The van der Waals surface area contributed by atoms with Crippen LogP contribution in [0.5, 0.6) is 0 Å². The van der Waals surface area contributed by atoms with Crippen LogP contribution in [0, 0.1) is 11.8 Å². The minimum atomic E-state index is -0.879. The van der Waals surface area contributed by atoms with Crippen LogP contribution in [0.25, 0.3) is 0 Å². The van der Waals surface area contributed by atoms with Gasteiger partial charge in [0.15, 0.2) is 0 Å². The van der Waals surface area contributed by atoms with E-state index in [9.17, 15) is 19.2 Å². The van der Waals surface area contributed by atoms with Gasteiger partial charge in [-0.05, 0) is 52.4 Å². The monoisotopic (exact) mass is 480 g/mol. The lowest BCUT2D eigenvalue weighted by molar-refractivity contribution is -0.143. The molecular weight excluding hydrogens is 432 g/mol. The van der Waals surface area contributed by atoms with Crippen molar-refractivity contribution in [2.45, 2.75) is 118 Å². The average Bonchev–Trinajstić information content (AvgIpc) is 2.76. The third-order valence-electron chi connectivity index (χ3n) is 5.39. The molecule has 0 bridgehead atoms. The zero-order valence-corrected chi connectivity index (χ0v) is 21.9. The highest BCUT2D eigenvalue weighted by molar-refractivity contribution is 5.82. The fraction of sp³-hybridized carbons (Fsp3) is 0.714. The lowest BCUT2D eigenvalue weighted by Gasteiger charge is -2.06. The smallest absolute Gasteiger partial charge is 0.307 e. The van der Waals surface area contributed by atoms with Crippen molar-refractivity contribution in [3.05, 3.63) is 24.3 Å². The Morgan fingerprint density at radius 3 is 1.21 bits per heavy atom. The van der Waals surface area contributed by atoms with Gasteiger partial charge in [0.05, 0.1) is 11.8 Å². The van der Waals surface area contributed by atoms with E-state index in [-0.39, 0.29) is 24.4 Å². The molecule has 0 aliphatic heterocycles. The van der Waals surface area contributed by atoms with Crippen LogP contribution in [0.3, 0.4) is 0 Å². The minimum absolute atomic E-state index is 0.0613.